The Balaban J connectivity index is 1.98. The molecule has 126 valence electrons. The maximum absolute atomic E-state index is 4.61. The fraction of sp³-hybridized carbons (Fsp3) is 0.529. The van der Waals surface area contributed by atoms with Crippen LogP contribution in [0, 0.1) is 0 Å². The van der Waals surface area contributed by atoms with E-state index in [0.29, 0.717) is 0 Å². The quantitative estimate of drug-likeness (QED) is 0.630. The van der Waals surface area contributed by atoms with Gasteiger partial charge in [-0.15, -0.1) is 0 Å². The van der Waals surface area contributed by atoms with Gasteiger partial charge in [0.25, 0.3) is 0 Å². The molecule has 2 heterocycles. The molecule has 0 fully saturated rings. The lowest BCUT2D eigenvalue weighted by Crippen LogP contribution is -2.36. The van der Waals surface area contributed by atoms with Crippen molar-refractivity contribution in [2.75, 3.05) is 7.05 Å². The molecule has 0 bridgehead atoms. The van der Waals surface area contributed by atoms with Crippen LogP contribution in [-0.2, 0) is 40.0 Å². The monoisotopic (exact) mass is 316 g/mol. The van der Waals surface area contributed by atoms with Crippen LogP contribution in [0.25, 0.3) is 0 Å². The Morgan fingerprint density at radius 3 is 2.48 bits per heavy atom. The molecule has 0 aliphatic rings. The predicted molar refractivity (Wildman–Crippen MR) is 94.4 cm³/mol. The molecule has 0 radical (unpaired) electrons. The van der Waals surface area contributed by atoms with E-state index in [1.54, 1.807) is 7.05 Å². The molecule has 6 heteroatoms. The van der Waals surface area contributed by atoms with Crippen LogP contribution in [0.1, 0.15) is 36.4 Å². The van der Waals surface area contributed by atoms with Crippen molar-refractivity contribution in [1.82, 2.24) is 25.0 Å². The maximum Gasteiger partial charge on any atom is 0.191 e. The standard InChI is InChI=1S/C17H28N6/c1-6-15-14(16(7-2)23(5)21-15)11-20-17(18-3)19-10-13-8-9-22(4)12-13/h8-9,12H,6-7,10-11H2,1-5H3,(H2,18,19,20). The third-order valence-corrected chi connectivity index (χ3v) is 4.04. The van der Waals surface area contributed by atoms with Crippen LogP contribution >= 0.6 is 0 Å². The van der Waals surface area contributed by atoms with Crippen LogP contribution < -0.4 is 10.6 Å². The molecule has 0 aliphatic carbocycles. The molecule has 2 aromatic rings. The van der Waals surface area contributed by atoms with Crippen LogP contribution in [0.15, 0.2) is 23.5 Å². The van der Waals surface area contributed by atoms with Gasteiger partial charge in [-0.2, -0.15) is 5.10 Å². The van der Waals surface area contributed by atoms with Gasteiger partial charge in [-0.25, -0.2) is 0 Å². The lowest BCUT2D eigenvalue weighted by molar-refractivity contribution is 0.702. The lowest BCUT2D eigenvalue weighted by atomic mass is 10.1. The van der Waals surface area contributed by atoms with Crippen LogP contribution in [0.3, 0.4) is 0 Å². The second kappa shape index (κ2) is 7.85. The van der Waals surface area contributed by atoms with E-state index in [1.807, 2.05) is 29.5 Å². The summed E-state index contributed by atoms with van der Waals surface area (Å²) in [5, 5.41) is 11.4. The van der Waals surface area contributed by atoms with Crippen LogP contribution in [0.5, 0.6) is 0 Å². The fourth-order valence-electron chi connectivity index (χ4n) is 2.84. The third-order valence-electron chi connectivity index (χ3n) is 4.04. The summed E-state index contributed by atoms with van der Waals surface area (Å²) in [6.07, 6.45) is 6.08. The van der Waals surface area contributed by atoms with E-state index in [0.717, 1.165) is 37.6 Å². The van der Waals surface area contributed by atoms with E-state index in [4.69, 9.17) is 0 Å². The van der Waals surface area contributed by atoms with Crippen molar-refractivity contribution in [3.05, 3.63) is 41.0 Å². The summed E-state index contributed by atoms with van der Waals surface area (Å²) in [5.74, 6) is 0.807. The largest absolute Gasteiger partial charge is 0.357 e. The normalized spacial score (nSPS) is 11.8. The van der Waals surface area contributed by atoms with E-state index < -0.39 is 0 Å². The number of guanidine groups is 1. The van der Waals surface area contributed by atoms with Gasteiger partial charge in [-0.05, 0) is 24.5 Å². The van der Waals surface area contributed by atoms with E-state index in [9.17, 15) is 0 Å². The van der Waals surface area contributed by atoms with E-state index in [2.05, 4.69) is 46.8 Å². The van der Waals surface area contributed by atoms with E-state index >= 15 is 0 Å². The summed E-state index contributed by atoms with van der Waals surface area (Å²) >= 11 is 0. The number of aliphatic imine (C=N–C) groups is 1. The number of aryl methyl sites for hydroxylation is 3. The highest BCUT2D eigenvalue weighted by Crippen LogP contribution is 2.15. The van der Waals surface area contributed by atoms with Crippen molar-refractivity contribution in [2.24, 2.45) is 19.1 Å². The first-order valence-corrected chi connectivity index (χ1v) is 8.18. The Kier molecular flexibility index (Phi) is 5.84. The molecule has 0 saturated carbocycles. The van der Waals surface area contributed by atoms with E-state index in [-0.39, 0.29) is 0 Å². The smallest absolute Gasteiger partial charge is 0.191 e. The van der Waals surface area contributed by atoms with Crippen LogP contribution in [-0.4, -0.2) is 27.4 Å². The zero-order valence-corrected chi connectivity index (χ0v) is 14.8. The Morgan fingerprint density at radius 1 is 1.17 bits per heavy atom. The summed E-state index contributed by atoms with van der Waals surface area (Å²) in [6, 6.07) is 2.10. The Morgan fingerprint density at radius 2 is 1.91 bits per heavy atom. The molecule has 0 saturated heterocycles. The minimum Gasteiger partial charge on any atom is -0.357 e. The second-order valence-corrected chi connectivity index (χ2v) is 5.67. The molecule has 0 unspecified atom stereocenters. The highest BCUT2D eigenvalue weighted by molar-refractivity contribution is 5.79. The van der Waals surface area contributed by atoms with Gasteiger partial charge >= 0.3 is 0 Å². The van der Waals surface area contributed by atoms with Gasteiger partial charge < -0.3 is 15.2 Å². The molecule has 23 heavy (non-hydrogen) atoms. The first kappa shape index (κ1) is 17.1. The molecule has 0 aliphatic heterocycles. The predicted octanol–water partition coefficient (Wildman–Crippen LogP) is 1.75. The maximum atomic E-state index is 4.61. The van der Waals surface area contributed by atoms with Crippen molar-refractivity contribution < 1.29 is 0 Å². The summed E-state index contributed by atoms with van der Waals surface area (Å²) in [4.78, 5) is 4.30. The minimum absolute atomic E-state index is 0.745. The molecular weight excluding hydrogens is 288 g/mol. The average molecular weight is 316 g/mol. The van der Waals surface area contributed by atoms with Gasteiger partial charge in [0.2, 0.25) is 0 Å². The van der Waals surface area contributed by atoms with Crippen molar-refractivity contribution in [3.8, 4) is 0 Å². The molecule has 6 nitrogen and oxygen atoms in total. The Bertz CT molecular complexity index is 665. The number of rotatable bonds is 6. The number of hydrogen-bond donors (Lipinski definition) is 2. The van der Waals surface area contributed by atoms with Gasteiger partial charge in [-0.3, -0.25) is 9.67 Å². The zero-order valence-electron chi connectivity index (χ0n) is 14.8. The number of aromatic nitrogens is 3. The van der Waals surface area contributed by atoms with Gasteiger partial charge in [-0.1, -0.05) is 13.8 Å². The molecular formula is C17H28N6. The zero-order chi connectivity index (χ0) is 16.8. The summed E-state index contributed by atoms with van der Waals surface area (Å²) in [5.41, 5.74) is 4.98. The second-order valence-electron chi connectivity index (χ2n) is 5.67. The lowest BCUT2D eigenvalue weighted by Gasteiger charge is -2.12. The van der Waals surface area contributed by atoms with Crippen molar-refractivity contribution in [3.63, 3.8) is 0 Å². The highest BCUT2D eigenvalue weighted by atomic mass is 15.3. The SMILES string of the molecule is CCc1nn(C)c(CC)c1CNC(=NC)NCc1ccn(C)c1. The van der Waals surface area contributed by atoms with Gasteiger partial charge in [0, 0.05) is 57.9 Å². The Hall–Kier alpha value is -2.24. The van der Waals surface area contributed by atoms with Crippen LogP contribution in [0.4, 0.5) is 0 Å². The van der Waals surface area contributed by atoms with Gasteiger partial charge in [0.15, 0.2) is 5.96 Å². The molecule has 0 aromatic carbocycles. The molecule has 0 amide bonds. The van der Waals surface area contributed by atoms with E-state index in [1.165, 1.54) is 16.8 Å². The minimum atomic E-state index is 0.745. The molecule has 2 N–H and O–H groups in total. The van der Waals surface area contributed by atoms with Gasteiger partial charge in [0.05, 0.1) is 5.69 Å². The molecule has 2 rings (SSSR count). The third kappa shape index (κ3) is 4.15. The summed E-state index contributed by atoms with van der Waals surface area (Å²) in [7, 11) is 5.84. The van der Waals surface area contributed by atoms with Gasteiger partial charge in [0.1, 0.15) is 0 Å². The highest BCUT2D eigenvalue weighted by Gasteiger charge is 2.13. The first-order valence-electron chi connectivity index (χ1n) is 8.18. The number of nitrogens with one attached hydrogen (secondary N) is 2. The molecule has 0 spiro atoms. The van der Waals surface area contributed by atoms with Crippen molar-refractivity contribution in [2.45, 2.75) is 39.8 Å². The van der Waals surface area contributed by atoms with Crippen molar-refractivity contribution >= 4 is 5.96 Å². The topological polar surface area (TPSA) is 59.2 Å². The Labute approximate surface area is 138 Å². The summed E-state index contributed by atoms with van der Waals surface area (Å²) in [6.45, 7) is 5.82. The molecule has 0 atom stereocenters. The molecule has 2 aromatic heterocycles. The fourth-order valence-corrected chi connectivity index (χ4v) is 2.84. The average Bonchev–Trinajstić information content (AvgIpc) is 3.10. The van der Waals surface area contributed by atoms with Crippen molar-refractivity contribution in [1.29, 1.82) is 0 Å². The summed E-state index contributed by atoms with van der Waals surface area (Å²) < 4.78 is 4.04. The van der Waals surface area contributed by atoms with Crippen LogP contribution in [0.2, 0.25) is 0 Å². The first-order chi connectivity index (χ1) is 11.1. The number of nitrogens with zero attached hydrogens (tertiary/aromatic N) is 4. The number of hydrogen-bond acceptors (Lipinski definition) is 2.